The summed E-state index contributed by atoms with van der Waals surface area (Å²) in [7, 11) is -3.42. The molecule has 0 radical (unpaired) electrons. The summed E-state index contributed by atoms with van der Waals surface area (Å²) in [4.78, 5) is 11.2. The van der Waals surface area contributed by atoms with E-state index >= 15 is 0 Å². The lowest BCUT2D eigenvalue weighted by Crippen LogP contribution is -2.41. The molecule has 0 spiro atoms. The van der Waals surface area contributed by atoms with Gasteiger partial charge in [0.25, 0.3) is 0 Å². The zero-order valence-corrected chi connectivity index (χ0v) is 11.7. The number of nitrogens with zero attached hydrogens (tertiary/aromatic N) is 1. The van der Waals surface area contributed by atoms with Crippen LogP contribution in [0.15, 0.2) is 24.3 Å². The second-order valence-electron chi connectivity index (χ2n) is 4.90. The highest BCUT2D eigenvalue weighted by molar-refractivity contribution is 7.93. The molecule has 0 bridgehead atoms. The van der Waals surface area contributed by atoms with Gasteiger partial charge in [-0.25, -0.2) is 8.42 Å². The van der Waals surface area contributed by atoms with E-state index in [9.17, 15) is 18.3 Å². The minimum atomic E-state index is -3.42. The first-order valence-corrected chi connectivity index (χ1v) is 7.69. The molecule has 1 aromatic rings. The molecule has 1 N–H and O–H groups in total. The fourth-order valence-corrected chi connectivity index (χ4v) is 3.62. The largest absolute Gasteiger partial charge is 0.481 e. The maximum absolute atomic E-state index is 12.3. The van der Waals surface area contributed by atoms with E-state index in [1.807, 2.05) is 0 Å². The Labute approximate surface area is 112 Å². The van der Waals surface area contributed by atoms with Gasteiger partial charge in [0.05, 0.1) is 16.9 Å². The first-order valence-electron chi connectivity index (χ1n) is 6.19. The van der Waals surface area contributed by atoms with E-state index in [0.717, 1.165) is 0 Å². The molecule has 5 nitrogen and oxygen atoms in total. The Morgan fingerprint density at radius 1 is 1.37 bits per heavy atom. The zero-order valence-electron chi connectivity index (χ0n) is 10.9. The van der Waals surface area contributed by atoms with E-state index in [4.69, 9.17) is 0 Å². The maximum Gasteiger partial charge on any atom is 0.311 e. The van der Waals surface area contributed by atoms with Crippen LogP contribution in [0.25, 0.3) is 0 Å². The Morgan fingerprint density at radius 3 is 2.58 bits per heavy atom. The lowest BCUT2D eigenvalue weighted by molar-refractivity contribution is -0.139. The topological polar surface area (TPSA) is 74.7 Å². The predicted molar refractivity (Wildman–Crippen MR) is 72.8 cm³/mol. The molecule has 1 aliphatic rings. The fraction of sp³-hybridized carbons (Fsp3) is 0.462. The molecule has 2 rings (SSSR count). The molecule has 19 heavy (non-hydrogen) atoms. The molecule has 0 fully saturated rings. The highest BCUT2D eigenvalue weighted by atomic mass is 32.2. The normalized spacial score (nSPS) is 19.3. The van der Waals surface area contributed by atoms with Crippen molar-refractivity contribution in [3.05, 3.63) is 29.8 Å². The van der Waals surface area contributed by atoms with Gasteiger partial charge < -0.3 is 5.11 Å². The Kier molecular flexibility index (Phi) is 3.54. The van der Waals surface area contributed by atoms with Gasteiger partial charge in [-0.05, 0) is 31.9 Å². The van der Waals surface area contributed by atoms with E-state index in [0.29, 0.717) is 17.7 Å². The van der Waals surface area contributed by atoms with Gasteiger partial charge in [0.2, 0.25) is 10.0 Å². The first kappa shape index (κ1) is 13.9. The van der Waals surface area contributed by atoms with E-state index in [-0.39, 0.29) is 6.54 Å². The van der Waals surface area contributed by atoms with Crippen molar-refractivity contribution in [1.82, 2.24) is 0 Å². The average molecular weight is 283 g/mol. The highest BCUT2D eigenvalue weighted by Crippen LogP contribution is 2.37. The number of rotatable bonds is 3. The van der Waals surface area contributed by atoms with Crippen molar-refractivity contribution in [2.75, 3.05) is 10.8 Å². The van der Waals surface area contributed by atoms with Crippen LogP contribution in [0.4, 0.5) is 5.69 Å². The van der Waals surface area contributed by atoms with E-state index in [2.05, 4.69) is 0 Å². The van der Waals surface area contributed by atoms with Gasteiger partial charge in [-0.3, -0.25) is 9.10 Å². The molecular formula is C13H17NO4S. The smallest absolute Gasteiger partial charge is 0.311 e. The summed E-state index contributed by atoms with van der Waals surface area (Å²) in [5.41, 5.74) is 1.07. The maximum atomic E-state index is 12.3. The van der Waals surface area contributed by atoms with Crippen molar-refractivity contribution >= 4 is 21.7 Å². The number of aliphatic carboxylic acids is 1. The molecule has 1 aliphatic heterocycles. The summed E-state index contributed by atoms with van der Waals surface area (Å²) in [6.07, 6.45) is 0.304. The number of carboxylic acid groups (broad SMARTS) is 1. The van der Waals surface area contributed by atoms with Crippen molar-refractivity contribution in [2.45, 2.75) is 31.4 Å². The van der Waals surface area contributed by atoms with Crippen molar-refractivity contribution in [1.29, 1.82) is 0 Å². The SMILES string of the molecule is CC(C)S(=O)(=O)N1CCC(C(=O)O)c2ccccc21. The van der Waals surface area contributed by atoms with Crippen molar-refractivity contribution in [3.8, 4) is 0 Å². The van der Waals surface area contributed by atoms with Gasteiger partial charge >= 0.3 is 5.97 Å². The number of sulfonamides is 1. The Balaban J connectivity index is 2.53. The number of carbonyl (C=O) groups is 1. The average Bonchev–Trinajstić information content (AvgIpc) is 2.36. The van der Waals surface area contributed by atoms with Gasteiger partial charge in [0.15, 0.2) is 0 Å². The zero-order chi connectivity index (χ0) is 14.2. The molecule has 104 valence electrons. The molecule has 0 aromatic heterocycles. The van der Waals surface area contributed by atoms with Crippen LogP contribution < -0.4 is 4.31 Å². The monoisotopic (exact) mass is 283 g/mol. The van der Waals surface area contributed by atoms with Crippen LogP contribution in [-0.4, -0.2) is 31.3 Å². The van der Waals surface area contributed by atoms with Crippen molar-refractivity contribution in [2.24, 2.45) is 0 Å². The third-order valence-electron chi connectivity index (χ3n) is 3.40. The van der Waals surface area contributed by atoms with Crippen LogP contribution in [0.5, 0.6) is 0 Å². The van der Waals surface area contributed by atoms with Crippen molar-refractivity contribution in [3.63, 3.8) is 0 Å². The molecule has 1 aromatic carbocycles. The number of benzene rings is 1. The minimum Gasteiger partial charge on any atom is -0.481 e. The molecule has 1 atom stereocenters. The van der Waals surface area contributed by atoms with Gasteiger partial charge in [-0.2, -0.15) is 0 Å². The van der Waals surface area contributed by atoms with Gasteiger partial charge in [0, 0.05) is 6.54 Å². The van der Waals surface area contributed by atoms with Crippen LogP contribution >= 0.6 is 0 Å². The first-order chi connectivity index (χ1) is 8.85. The van der Waals surface area contributed by atoms with Crippen LogP contribution in [0.1, 0.15) is 31.7 Å². The lowest BCUT2D eigenvalue weighted by Gasteiger charge is -2.34. The molecule has 1 heterocycles. The Bertz CT molecular complexity index is 594. The lowest BCUT2D eigenvalue weighted by atomic mass is 9.91. The Morgan fingerprint density at radius 2 is 2.00 bits per heavy atom. The molecule has 1 unspecified atom stereocenters. The second kappa shape index (κ2) is 4.85. The predicted octanol–water partition coefficient (Wildman–Crippen LogP) is 1.80. The van der Waals surface area contributed by atoms with Gasteiger partial charge in [-0.1, -0.05) is 18.2 Å². The third kappa shape index (κ3) is 2.32. The molecule has 0 aliphatic carbocycles. The molecule has 6 heteroatoms. The quantitative estimate of drug-likeness (QED) is 0.918. The van der Waals surface area contributed by atoms with E-state index < -0.39 is 27.2 Å². The number of fused-ring (bicyclic) bond motifs is 1. The number of anilines is 1. The molecule has 0 amide bonds. The summed E-state index contributed by atoms with van der Waals surface area (Å²) >= 11 is 0. The van der Waals surface area contributed by atoms with Crippen LogP contribution in [0, 0.1) is 0 Å². The number of carboxylic acids is 1. The number of hydrogen-bond acceptors (Lipinski definition) is 3. The fourth-order valence-electron chi connectivity index (χ4n) is 2.31. The highest BCUT2D eigenvalue weighted by Gasteiger charge is 2.35. The number of para-hydroxylation sites is 1. The molecule has 0 saturated heterocycles. The van der Waals surface area contributed by atoms with Crippen LogP contribution in [0.2, 0.25) is 0 Å². The minimum absolute atomic E-state index is 0.217. The van der Waals surface area contributed by atoms with Crippen LogP contribution in [0.3, 0.4) is 0 Å². The summed E-state index contributed by atoms with van der Waals surface area (Å²) in [6, 6.07) is 6.83. The van der Waals surface area contributed by atoms with Crippen molar-refractivity contribution < 1.29 is 18.3 Å². The summed E-state index contributed by atoms with van der Waals surface area (Å²) in [6.45, 7) is 3.47. The van der Waals surface area contributed by atoms with Gasteiger partial charge in [0.1, 0.15) is 0 Å². The number of hydrogen-bond donors (Lipinski definition) is 1. The standard InChI is InChI=1S/C13H17NO4S/c1-9(2)19(17,18)14-8-7-11(13(15)16)10-5-3-4-6-12(10)14/h3-6,9,11H,7-8H2,1-2H3,(H,15,16). The summed E-state index contributed by atoms with van der Waals surface area (Å²) in [5, 5.41) is 8.69. The van der Waals surface area contributed by atoms with E-state index in [1.54, 1.807) is 38.1 Å². The summed E-state index contributed by atoms with van der Waals surface area (Å²) in [5.74, 6) is -1.54. The summed E-state index contributed by atoms with van der Waals surface area (Å²) < 4.78 is 25.9. The van der Waals surface area contributed by atoms with E-state index in [1.165, 1.54) is 4.31 Å². The third-order valence-corrected chi connectivity index (χ3v) is 5.59. The Hall–Kier alpha value is -1.56. The van der Waals surface area contributed by atoms with Crippen LogP contribution in [-0.2, 0) is 14.8 Å². The molecular weight excluding hydrogens is 266 g/mol. The molecule has 0 saturated carbocycles. The second-order valence-corrected chi connectivity index (χ2v) is 7.32. The van der Waals surface area contributed by atoms with Gasteiger partial charge in [-0.15, -0.1) is 0 Å².